The third-order valence-electron chi connectivity index (χ3n) is 6.96. The van der Waals surface area contributed by atoms with Crippen molar-refractivity contribution < 1.29 is 23.9 Å². The molecule has 1 saturated carbocycles. The number of ether oxygens (including phenoxy) is 2. The van der Waals surface area contributed by atoms with E-state index in [0.717, 1.165) is 29.5 Å². The first-order chi connectivity index (χ1) is 18.3. The minimum absolute atomic E-state index is 0.101. The zero-order valence-electron chi connectivity index (χ0n) is 24.5. The van der Waals surface area contributed by atoms with Crippen molar-refractivity contribution in [1.29, 1.82) is 0 Å². The summed E-state index contributed by atoms with van der Waals surface area (Å²) in [6, 6.07) is 11.2. The monoisotopic (exact) mass is 537 g/mol. The average Bonchev–Trinajstić information content (AvgIpc) is 3.71. The van der Waals surface area contributed by atoms with Crippen LogP contribution in [0, 0.1) is 19.8 Å². The first-order valence-electron chi connectivity index (χ1n) is 13.7. The number of nitrogens with zero attached hydrogens (tertiary/aromatic N) is 1. The molecule has 3 unspecified atom stereocenters. The first-order valence-corrected chi connectivity index (χ1v) is 13.7. The number of carbonyl (C=O) groups is 3. The quantitative estimate of drug-likeness (QED) is 0.392. The Morgan fingerprint density at radius 3 is 2.23 bits per heavy atom. The lowest BCUT2D eigenvalue weighted by Gasteiger charge is -2.36. The molecule has 3 amide bonds. The smallest absolute Gasteiger partial charge is 0.408 e. The van der Waals surface area contributed by atoms with Gasteiger partial charge >= 0.3 is 6.09 Å². The van der Waals surface area contributed by atoms with Crippen LogP contribution in [0.2, 0.25) is 0 Å². The van der Waals surface area contributed by atoms with E-state index in [4.69, 9.17) is 9.47 Å². The Kier molecular flexibility index (Phi) is 9.64. The second-order valence-electron chi connectivity index (χ2n) is 11.5. The maximum Gasteiger partial charge on any atom is 0.408 e. The summed E-state index contributed by atoms with van der Waals surface area (Å²) in [6.07, 6.45) is 1.60. The second-order valence-corrected chi connectivity index (χ2v) is 11.5. The summed E-state index contributed by atoms with van der Waals surface area (Å²) in [6.45, 7) is 13.2. The van der Waals surface area contributed by atoms with Crippen molar-refractivity contribution in [3.05, 3.63) is 59.2 Å². The summed E-state index contributed by atoms with van der Waals surface area (Å²) in [7, 11) is 1.59. The molecule has 1 aliphatic rings. The van der Waals surface area contributed by atoms with Gasteiger partial charge in [0.05, 0.1) is 7.11 Å². The minimum atomic E-state index is -0.876. The molecule has 8 heteroatoms. The van der Waals surface area contributed by atoms with Crippen molar-refractivity contribution in [2.45, 2.75) is 91.5 Å². The molecule has 8 nitrogen and oxygen atoms in total. The fraction of sp³-hybridized carbons (Fsp3) is 0.516. The van der Waals surface area contributed by atoms with Crippen molar-refractivity contribution in [2.24, 2.45) is 5.92 Å². The lowest BCUT2D eigenvalue weighted by atomic mass is 9.93. The largest absolute Gasteiger partial charge is 0.497 e. The van der Waals surface area contributed by atoms with Crippen LogP contribution in [0.15, 0.2) is 42.5 Å². The highest BCUT2D eigenvalue weighted by Crippen LogP contribution is 2.38. The van der Waals surface area contributed by atoms with Crippen LogP contribution in [0.1, 0.15) is 76.6 Å². The van der Waals surface area contributed by atoms with Crippen LogP contribution in [0.3, 0.4) is 0 Å². The third kappa shape index (κ3) is 7.97. The van der Waals surface area contributed by atoms with Crippen molar-refractivity contribution in [3.63, 3.8) is 0 Å². The number of methoxy groups -OCH3 is 1. The molecule has 0 aliphatic heterocycles. The van der Waals surface area contributed by atoms with E-state index in [9.17, 15) is 14.4 Å². The van der Waals surface area contributed by atoms with E-state index < -0.39 is 23.8 Å². The van der Waals surface area contributed by atoms with Gasteiger partial charge < -0.3 is 25.0 Å². The molecule has 212 valence electrons. The molecule has 1 aliphatic carbocycles. The molecule has 3 rings (SSSR count). The van der Waals surface area contributed by atoms with E-state index in [1.165, 1.54) is 0 Å². The van der Waals surface area contributed by atoms with Gasteiger partial charge in [-0.2, -0.15) is 0 Å². The van der Waals surface area contributed by atoms with Gasteiger partial charge in [-0.15, -0.1) is 0 Å². The number of aryl methyl sites for hydroxylation is 2. The SMILES string of the molecule is CCC(C)C(NC(=O)OC(C)(C)C)C(=O)N(C1CC1)C(C(=O)Nc1ccc(OC)cc1)c1cc(C)ccc1C. The summed E-state index contributed by atoms with van der Waals surface area (Å²) in [5.41, 5.74) is 2.56. The minimum Gasteiger partial charge on any atom is -0.497 e. The summed E-state index contributed by atoms with van der Waals surface area (Å²) < 4.78 is 10.7. The zero-order valence-corrected chi connectivity index (χ0v) is 24.5. The summed E-state index contributed by atoms with van der Waals surface area (Å²) >= 11 is 0. The molecule has 0 bridgehead atoms. The molecule has 39 heavy (non-hydrogen) atoms. The number of anilines is 1. The van der Waals surface area contributed by atoms with E-state index >= 15 is 0 Å². The molecule has 0 aromatic heterocycles. The first kappa shape index (κ1) is 30.0. The van der Waals surface area contributed by atoms with Crippen LogP contribution in [-0.2, 0) is 14.3 Å². The van der Waals surface area contributed by atoms with Gasteiger partial charge in [-0.05, 0) is 88.8 Å². The molecule has 2 aromatic carbocycles. The molecule has 2 aromatic rings. The van der Waals surface area contributed by atoms with Gasteiger partial charge in [-0.25, -0.2) is 4.79 Å². The van der Waals surface area contributed by atoms with Crippen LogP contribution >= 0.6 is 0 Å². The van der Waals surface area contributed by atoms with Crippen LogP contribution in [0.5, 0.6) is 5.75 Å². The molecule has 0 spiro atoms. The van der Waals surface area contributed by atoms with E-state index in [2.05, 4.69) is 10.6 Å². The average molecular weight is 538 g/mol. The van der Waals surface area contributed by atoms with Gasteiger partial charge in [0.2, 0.25) is 5.91 Å². The standard InChI is InChI=1S/C31H43N3O5/c1-9-20(3)26(33-30(37)39-31(5,6)7)29(36)34(23-14-15-23)27(25-18-19(2)10-11-21(25)4)28(35)32-22-12-16-24(38-8)17-13-22/h10-13,16-18,20,23,26-27H,9,14-15H2,1-8H3,(H,32,35)(H,33,37). The summed E-state index contributed by atoms with van der Waals surface area (Å²) in [4.78, 5) is 42.8. The lowest BCUT2D eigenvalue weighted by Crippen LogP contribution is -2.55. The maximum absolute atomic E-state index is 14.3. The Labute approximate surface area is 232 Å². The predicted octanol–water partition coefficient (Wildman–Crippen LogP) is 5.92. The van der Waals surface area contributed by atoms with Crippen LogP contribution in [0.4, 0.5) is 10.5 Å². The number of amides is 3. The molecule has 0 heterocycles. The van der Waals surface area contributed by atoms with Crippen molar-refractivity contribution in [1.82, 2.24) is 10.2 Å². The summed E-state index contributed by atoms with van der Waals surface area (Å²) in [5.74, 6) is -0.0866. The van der Waals surface area contributed by atoms with Crippen molar-refractivity contribution in [2.75, 3.05) is 12.4 Å². The molecule has 3 atom stereocenters. The number of nitrogens with one attached hydrogen (secondary N) is 2. The summed E-state index contributed by atoms with van der Waals surface area (Å²) in [5, 5.41) is 5.83. The predicted molar refractivity (Wildman–Crippen MR) is 153 cm³/mol. The Hall–Kier alpha value is -3.55. The third-order valence-corrected chi connectivity index (χ3v) is 6.96. The second kappa shape index (κ2) is 12.5. The molecular weight excluding hydrogens is 494 g/mol. The van der Waals surface area contributed by atoms with Gasteiger partial charge in [0, 0.05) is 11.7 Å². The van der Waals surface area contributed by atoms with Gasteiger partial charge in [0.1, 0.15) is 23.4 Å². The fourth-order valence-electron chi connectivity index (χ4n) is 4.51. The van der Waals surface area contributed by atoms with E-state index in [-0.39, 0.29) is 23.8 Å². The molecule has 0 saturated heterocycles. The molecule has 2 N–H and O–H groups in total. The molecular formula is C31H43N3O5. The van der Waals surface area contributed by atoms with E-state index in [1.54, 1.807) is 57.0 Å². The van der Waals surface area contributed by atoms with Crippen LogP contribution in [0.25, 0.3) is 0 Å². The van der Waals surface area contributed by atoms with E-state index in [0.29, 0.717) is 17.9 Å². The fourth-order valence-corrected chi connectivity index (χ4v) is 4.51. The number of carbonyl (C=O) groups excluding carboxylic acids is 3. The van der Waals surface area contributed by atoms with Gasteiger partial charge in [-0.3, -0.25) is 9.59 Å². The maximum atomic E-state index is 14.3. The van der Waals surface area contributed by atoms with Crippen LogP contribution < -0.4 is 15.4 Å². The number of hydrogen-bond acceptors (Lipinski definition) is 5. The normalized spacial score (nSPS) is 15.5. The lowest BCUT2D eigenvalue weighted by molar-refractivity contribution is -0.142. The Morgan fingerprint density at radius 2 is 1.69 bits per heavy atom. The number of rotatable bonds is 10. The van der Waals surface area contributed by atoms with Gasteiger partial charge in [0.15, 0.2) is 0 Å². The highest BCUT2D eigenvalue weighted by Gasteiger charge is 2.45. The number of hydrogen-bond donors (Lipinski definition) is 2. The van der Waals surface area contributed by atoms with Gasteiger partial charge in [0.25, 0.3) is 5.91 Å². The molecule has 0 radical (unpaired) electrons. The van der Waals surface area contributed by atoms with Crippen molar-refractivity contribution >= 4 is 23.6 Å². The molecule has 1 fully saturated rings. The Bertz CT molecular complexity index is 1170. The van der Waals surface area contributed by atoms with Crippen LogP contribution in [-0.4, -0.2) is 47.6 Å². The Balaban J connectivity index is 2.03. The highest BCUT2D eigenvalue weighted by atomic mass is 16.6. The topological polar surface area (TPSA) is 97.0 Å². The zero-order chi connectivity index (χ0) is 28.9. The Morgan fingerprint density at radius 1 is 1.05 bits per heavy atom. The number of benzene rings is 2. The van der Waals surface area contributed by atoms with E-state index in [1.807, 2.05) is 45.9 Å². The van der Waals surface area contributed by atoms with Gasteiger partial charge in [-0.1, -0.05) is 44.0 Å². The highest BCUT2D eigenvalue weighted by molar-refractivity contribution is 5.99. The van der Waals surface area contributed by atoms with Crippen molar-refractivity contribution in [3.8, 4) is 5.75 Å². The number of alkyl carbamates (subject to hydrolysis) is 1.